The lowest BCUT2D eigenvalue weighted by molar-refractivity contribution is -0.145. The molecule has 2 atom stereocenters. The van der Waals surface area contributed by atoms with Crippen LogP contribution in [-0.4, -0.2) is 86.4 Å². The molecular weight excluding hydrogens is 592 g/mol. The summed E-state index contributed by atoms with van der Waals surface area (Å²) in [5.41, 5.74) is 5.68. The van der Waals surface area contributed by atoms with Crippen molar-refractivity contribution in [3.63, 3.8) is 0 Å². The van der Waals surface area contributed by atoms with Gasteiger partial charge in [0.2, 0.25) is 0 Å². The van der Waals surface area contributed by atoms with Gasteiger partial charge in [0.15, 0.2) is 5.78 Å². The van der Waals surface area contributed by atoms with Gasteiger partial charge in [-0.25, -0.2) is 9.59 Å². The Balaban J connectivity index is 0.000000441. The fourth-order valence-electron chi connectivity index (χ4n) is 5.21. The molecule has 1 saturated heterocycles. The van der Waals surface area contributed by atoms with Gasteiger partial charge >= 0.3 is 11.9 Å². The second-order valence-electron chi connectivity index (χ2n) is 10.9. The van der Waals surface area contributed by atoms with E-state index in [-0.39, 0.29) is 45.4 Å². The first-order valence-corrected chi connectivity index (χ1v) is 14.1. The van der Waals surface area contributed by atoms with Crippen LogP contribution in [-0.2, 0) is 23.9 Å². The van der Waals surface area contributed by atoms with Gasteiger partial charge in [-0.05, 0) is 81.1 Å². The standard InChI is InChI=1S/C17H21NO4.C16H19NO5.2CH4/c1-10-6-14(17(20)22-5)18(9-10)16(19)13-7-11(2)12(3)15(8-13)21-4;1-9-5-11(6-14(21-3)10(9)2)15(19)17-8-12(18)7-13(17)16(20)22-4;;/h7-9,14H,6H2,1-5H3;5-6,13H,7-8H2,1-4H3;2*1H4/t14-;13-;;/m00../s1. The number of aryl methyl sites for hydroxylation is 2. The van der Waals surface area contributed by atoms with Crippen molar-refractivity contribution in [3.8, 4) is 11.5 Å². The number of carbonyl (C=O) groups excluding carboxylic acids is 5. The van der Waals surface area contributed by atoms with Crippen molar-refractivity contribution in [3.05, 3.63) is 69.4 Å². The molecule has 46 heavy (non-hydrogen) atoms. The number of rotatable bonds is 6. The minimum Gasteiger partial charge on any atom is -0.496 e. The van der Waals surface area contributed by atoms with Gasteiger partial charge in [0.05, 0.1) is 35.0 Å². The highest BCUT2D eigenvalue weighted by atomic mass is 16.5. The van der Waals surface area contributed by atoms with Gasteiger partial charge in [-0.2, -0.15) is 0 Å². The first kappa shape index (κ1) is 39.4. The maximum Gasteiger partial charge on any atom is 0.329 e. The summed E-state index contributed by atoms with van der Waals surface area (Å²) in [5.74, 6) is -0.468. The lowest BCUT2D eigenvalue weighted by atomic mass is 10.0. The molecule has 4 rings (SSSR count). The van der Waals surface area contributed by atoms with Gasteiger partial charge in [0.25, 0.3) is 11.8 Å². The number of Topliss-reactive ketones (excluding diaryl/α,β-unsaturated/α-hetero) is 1. The molecule has 2 heterocycles. The Bertz CT molecular complexity index is 1510. The van der Waals surface area contributed by atoms with E-state index in [0.717, 1.165) is 27.8 Å². The minimum atomic E-state index is -0.849. The number of hydrogen-bond donors (Lipinski definition) is 0. The number of esters is 2. The Kier molecular flexibility index (Phi) is 14.2. The molecule has 11 heteroatoms. The Morgan fingerprint density at radius 2 is 1.13 bits per heavy atom. The topological polar surface area (TPSA) is 129 Å². The van der Waals surface area contributed by atoms with Crippen LogP contribution < -0.4 is 9.47 Å². The fraction of sp³-hybridized carbons (Fsp3) is 0.457. The van der Waals surface area contributed by atoms with Crippen LogP contribution in [0.25, 0.3) is 0 Å². The zero-order valence-corrected chi connectivity index (χ0v) is 26.7. The largest absolute Gasteiger partial charge is 0.496 e. The summed E-state index contributed by atoms with van der Waals surface area (Å²) in [6.07, 6.45) is 2.21. The zero-order valence-electron chi connectivity index (χ0n) is 26.7. The predicted molar refractivity (Wildman–Crippen MR) is 175 cm³/mol. The van der Waals surface area contributed by atoms with Crippen LogP contribution in [0.5, 0.6) is 11.5 Å². The van der Waals surface area contributed by atoms with E-state index in [4.69, 9.17) is 14.2 Å². The highest BCUT2D eigenvalue weighted by Gasteiger charge is 2.40. The zero-order chi connectivity index (χ0) is 32.9. The van der Waals surface area contributed by atoms with Crippen molar-refractivity contribution in [2.45, 2.75) is 74.4 Å². The van der Waals surface area contributed by atoms with Crippen molar-refractivity contribution in [2.24, 2.45) is 0 Å². The number of methoxy groups -OCH3 is 4. The molecule has 2 aromatic rings. The molecule has 0 aromatic heterocycles. The number of ether oxygens (including phenoxy) is 4. The summed E-state index contributed by atoms with van der Waals surface area (Å²) in [5, 5.41) is 0. The monoisotopic (exact) mass is 640 g/mol. The third kappa shape index (κ3) is 8.32. The summed E-state index contributed by atoms with van der Waals surface area (Å²) < 4.78 is 20.1. The molecule has 11 nitrogen and oxygen atoms in total. The van der Waals surface area contributed by atoms with Crippen LogP contribution in [0.3, 0.4) is 0 Å². The number of ketones is 1. The van der Waals surface area contributed by atoms with Crippen molar-refractivity contribution in [2.75, 3.05) is 35.0 Å². The molecule has 2 aromatic carbocycles. The van der Waals surface area contributed by atoms with Gasteiger partial charge in [0, 0.05) is 30.2 Å². The maximum absolute atomic E-state index is 12.8. The molecule has 0 saturated carbocycles. The predicted octanol–water partition coefficient (Wildman–Crippen LogP) is 5.14. The maximum atomic E-state index is 12.8. The Hall–Kier alpha value is -4.67. The minimum absolute atomic E-state index is 0. The van der Waals surface area contributed by atoms with Crippen LogP contribution >= 0.6 is 0 Å². The third-order valence-electron chi connectivity index (χ3n) is 7.97. The highest BCUT2D eigenvalue weighted by Crippen LogP contribution is 2.29. The summed E-state index contributed by atoms with van der Waals surface area (Å²) in [6, 6.07) is 5.44. The number of likely N-dealkylation sites (tertiary alicyclic amines) is 1. The lowest BCUT2D eigenvalue weighted by Crippen LogP contribution is -2.41. The van der Waals surface area contributed by atoms with Crippen LogP contribution in [0.4, 0.5) is 0 Å². The van der Waals surface area contributed by atoms with Crippen LogP contribution in [0.1, 0.15) is 77.6 Å². The van der Waals surface area contributed by atoms with Gasteiger partial charge in [-0.1, -0.05) is 20.4 Å². The third-order valence-corrected chi connectivity index (χ3v) is 7.97. The molecule has 2 amide bonds. The number of amides is 2. The van der Waals surface area contributed by atoms with E-state index in [0.29, 0.717) is 29.0 Å². The van der Waals surface area contributed by atoms with E-state index in [1.165, 1.54) is 31.1 Å². The van der Waals surface area contributed by atoms with Crippen molar-refractivity contribution in [1.82, 2.24) is 9.80 Å². The average molecular weight is 641 g/mol. The van der Waals surface area contributed by atoms with Crippen molar-refractivity contribution >= 4 is 29.5 Å². The van der Waals surface area contributed by atoms with E-state index in [1.807, 2.05) is 40.7 Å². The Morgan fingerprint density at radius 1 is 0.674 bits per heavy atom. The molecule has 252 valence electrons. The quantitative estimate of drug-likeness (QED) is 0.394. The van der Waals surface area contributed by atoms with Gasteiger partial charge in [-0.3, -0.25) is 14.4 Å². The number of carbonyl (C=O) groups is 5. The van der Waals surface area contributed by atoms with Gasteiger partial charge in [0.1, 0.15) is 23.6 Å². The summed E-state index contributed by atoms with van der Waals surface area (Å²) in [4.78, 5) is 63.4. The van der Waals surface area contributed by atoms with Crippen LogP contribution in [0, 0.1) is 27.7 Å². The number of hydrogen-bond acceptors (Lipinski definition) is 9. The number of nitrogens with zero attached hydrogens (tertiary/aromatic N) is 2. The molecule has 0 unspecified atom stereocenters. The van der Waals surface area contributed by atoms with Gasteiger partial charge in [-0.15, -0.1) is 0 Å². The van der Waals surface area contributed by atoms with E-state index < -0.39 is 24.0 Å². The molecule has 1 fully saturated rings. The van der Waals surface area contributed by atoms with E-state index in [9.17, 15) is 24.0 Å². The highest BCUT2D eigenvalue weighted by molar-refractivity contribution is 6.03. The van der Waals surface area contributed by atoms with Crippen molar-refractivity contribution in [1.29, 1.82) is 0 Å². The van der Waals surface area contributed by atoms with Crippen LogP contribution in [0.2, 0.25) is 0 Å². The Morgan fingerprint density at radius 3 is 1.59 bits per heavy atom. The molecule has 0 N–H and O–H groups in total. The van der Waals surface area contributed by atoms with Crippen LogP contribution in [0.15, 0.2) is 36.0 Å². The molecule has 0 radical (unpaired) electrons. The summed E-state index contributed by atoms with van der Waals surface area (Å²) in [6.45, 7) is 9.47. The molecule has 2 aliphatic rings. The molecule has 2 aliphatic heterocycles. The van der Waals surface area contributed by atoms with E-state index in [2.05, 4.69) is 4.74 Å². The normalized spacial score (nSPS) is 16.6. The SMILES string of the molecule is C.C.COC(=O)[C@@H]1CC(=O)CN1C(=O)c1cc(C)c(C)c(OC)c1.COC(=O)[C@@H]1CC(C)=CN1C(=O)c1cc(C)c(C)c(OC)c1. The molecule has 0 aliphatic carbocycles. The fourth-order valence-corrected chi connectivity index (χ4v) is 5.21. The molecule has 0 bridgehead atoms. The van der Waals surface area contributed by atoms with Gasteiger partial charge < -0.3 is 28.7 Å². The molecule has 0 spiro atoms. The Labute approximate surface area is 272 Å². The summed E-state index contributed by atoms with van der Waals surface area (Å²) in [7, 11) is 5.68. The summed E-state index contributed by atoms with van der Waals surface area (Å²) >= 11 is 0. The number of benzene rings is 2. The average Bonchev–Trinajstić information content (AvgIpc) is 3.60. The smallest absolute Gasteiger partial charge is 0.329 e. The first-order chi connectivity index (χ1) is 20.8. The second-order valence-corrected chi connectivity index (χ2v) is 10.9. The molecular formula is C35H48N2O9. The lowest BCUT2D eigenvalue weighted by Gasteiger charge is -2.22. The first-order valence-electron chi connectivity index (χ1n) is 14.1. The second kappa shape index (κ2) is 16.6. The van der Waals surface area contributed by atoms with E-state index >= 15 is 0 Å². The van der Waals surface area contributed by atoms with Crippen molar-refractivity contribution < 1.29 is 42.9 Å². The van der Waals surface area contributed by atoms with E-state index in [1.54, 1.807) is 31.5 Å².